The van der Waals surface area contributed by atoms with E-state index in [1.165, 1.54) is 0 Å². The fourth-order valence-electron chi connectivity index (χ4n) is 1.82. The second kappa shape index (κ2) is 4.33. The van der Waals surface area contributed by atoms with E-state index in [9.17, 15) is 4.79 Å². The summed E-state index contributed by atoms with van der Waals surface area (Å²) in [7, 11) is 0. The molecule has 1 aliphatic heterocycles. The van der Waals surface area contributed by atoms with Gasteiger partial charge in [-0.05, 0) is 24.6 Å². The predicted molar refractivity (Wildman–Crippen MR) is 59.5 cm³/mol. The molecule has 82 valence electrons. The minimum atomic E-state index is -0.343. The second-order valence-electron chi connectivity index (χ2n) is 3.99. The van der Waals surface area contributed by atoms with E-state index in [1.54, 1.807) is 18.2 Å². The molecule has 4 heteroatoms. The fraction of sp³-hybridized carbons (Fsp3) is 0.333. The highest BCUT2D eigenvalue weighted by molar-refractivity contribution is 5.84. The van der Waals surface area contributed by atoms with Gasteiger partial charge in [-0.1, -0.05) is 12.1 Å². The van der Waals surface area contributed by atoms with Gasteiger partial charge in [0.15, 0.2) is 0 Å². The molecule has 0 unspecified atom stereocenters. The van der Waals surface area contributed by atoms with E-state index in [1.807, 2.05) is 13.0 Å². The molecule has 1 heterocycles. The Labute approximate surface area is 94.3 Å². The first kappa shape index (κ1) is 10.7. The summed E-state index contributed by atoms with van der Waals surface area (Å²) in [5, 5.41) is 14.8. The number of hydrogen-bond donors (Lipinski definition) is 2. The van der Waals surface area contributed by atoms with Crippen molar-refractivity contribution in [3.8, 4) is 6.07 Å². The van der Waals surface area contributed by atoms with Crippen LogP contribution in [-0.2, 0) is 4.79 Å². The van der Waals surface area contributed by atoms with Gasteiger partial charge in [-0.15, -0.1) is 0 Å². The van der Waals surface area contributed by atoms with Gasteiger partial charge in [0.25, 0.3) is 0 Å². The molecule has 0 aromatic heterocycles. The van der Waals surface area contributed by atoms with E-state index in [4.69, 9.17) is 5.26 Å². The fourth-order valence-corrected chi connectivity index (χ4v) is 1.82. The molecule has 1 aromatic carbocycles. The molecule has 1 aromatic rings. The summed E-state index contributed by atoms with van der Waals surface area (Å²) in [4.78, 5) is 11.7. The monoisotopic (exact) mass is 215 g/mol. The summed E-state index contributed by atoms with van der Waals surface area (Å²) in [5.41, 5.74) is 1.41. The molecule has 2 N–H and O–H groups in total. The zero-order valence-corrected chi connectivity index (χ0v) is 9.03. The number of amides is 1. The van der Waals surface area contributed by atoms with Crippen LogP contribution in [0.1, 0.15) is 24.1 Å². The average Bonchev–Trinajstić information content (AvgIpc) is 2.29. The predicted octanol–water partition coefficient (Wildman–Crippen LogP) is 0.707. The number of rotatable bonds is 1. The summed E-state index contributed by atoms with van der Waals surface area (Å²) in [6.07, 6.45) is 0. The molecular formula is C12H13N3O. The van der Waals surface area contributed by atoms with Gasteiger partial charge < -0.3 is 10.6 Å². The second-order valence-corrected chi connectivity index (χ2v) is 3.99. The van der Waals surface area contributed by atoms with Crippen molar-refractivity contribution in [2.24, 2.45) is 0 Å². The summed E-state index contributed by atoms with van der Waals surface area (Å²) >= 11 is 0. The third-order valence-electron chi connectivity index (χ3n) is 2.63. The number of carbonyl (C=O) groups is 1. The van der Waals surface area contributed by atoms with Crippen molar-refractivity contribution in [1.29, 1.82) is 5.26 Å². The average molecular weight is 215 g/mol. The first-order chi connectivity index (χ1) is 7.70. The highest BCUT2D eigenvalue weighted by atomic mass is 16.2. The summed E-state index contributed by atoms with van der Waals surface area (Å²) in [6.45, 7) is 2.69. The number of hydrogen-bond acceptors (Lipinski definition) is 3. The number of nitriles is 1. The molecule has 16 heavy (non-hydrogen) atoms. The van der Waals surface area contributed by atoms with Crippen molar-refractivity contribution in [2.75, 3.05) is 6.54 Å². The van der Waals surface area contributed by atoms with Crippen molar-refractivity contribution in [3.05, 3.63) is 35.4 Å². The van der Waals surface area contributed by atoms with Crippen LogP contribution in [0.15, 0.2) is 24.3 Å². The summed E-state index contributed by atoms with van der Waals surface area (Å²) in [6, 6.07) is 9.00. The molecule has 1 amide bonds. The minimum Gasteiger partial charge on any atom is -0.351 e. The van der Waals surface area contributed by atoms with Crippen LogP contribution in [0.4, 0.5) is 0 Å². The van der Waals surface area contributed by atoms with E-state index in [0.29, 0.717) is 5.56 Å². The van der Waals surface area contributed by atoms with E-state index < -0.39 is 0 Å². The van der Waals surface area contributed by atoms with Crippen molar-refractivity contribution in [3.63, 3.8) is 0 Å². The lowest BCUT2D eigenvalue weighted by atomic mass is 10.0. The third-order valence-corrected chi connectivity index (χ3v) is 2.63. The van der Waals surface area contributed by atoms with Gasteiger partial charge in [0.1, 0.15) is 6.04 Å². The lowest BCUT2D eigenvalue weighted by Crippen LogP contribution is -2.52. The minimum absolute atomic E-state index is 0.0335. The molecule has 0 bridgehead atoms. The maximum Gasteiger partial charge on any atom is 0.241 e. The van der Waals surface area contributed by atoms with Crippen LogP contribution in [0.25, 0.3) is 0 Å². The number of benzene rings is 1. The van der Waals surface area contributed by atoms with Gasteiger partial charge in [0.2, 0.25) is 5.91 Å². The molecule has 0 saturated carbocycles. The Morgan fingerprint density at radius 2 is 2.31 bits per heavy atom. The SMILES string of the molecule is C[C@H]1CN[C@H](c2cccc(C#N)c2)C(=O)N1. The highest BCUT2D eigenvalue weighted by Crippen LogP contribution is 2.17. The summed E-state index contributed by atoms with van der Waals surface area (Å²) in [5.74, 6) is -0.0335. The van der Waals surface area contributed by atoms with Gasteiger partial charge in [0, 0.05) is 12.6 Å². The van der Waals surface area contributed by atoms with Crippen molar-refractivity contribution in [1.82, 2.24) is 10.6 Å². The van der Waals surface area contributed by atoms with Crippen LogP contribution in [0.3, 0.4) is 0 Å². The van der Waals surface area contributed by atoms with E-state index >= 15 is 0 Å². The molecule has 1 saturated heterocycles. The van der Waals surface area contributed by atoms with E-state index in [-0.39, 0.29) is 18.0 Å². The molecular weight excluding hydrogens is 202 g/mol. The van der Waals surface area contributed by atoms with E-state index in [2.05, 4.69) is 16.7 Å². The molecule has 2 atom stereocenters. The molecule has 1 fully saturated rings. The van der Waals surface area contributed by atoms with E-state index in [0.717, 1.165) is 12.1 Å². The lowest BCUT2D eigenvalue weighted by molar-refractivity contribution is -0.125. The standard InChI is InChI=1S/C12H13N3O/c1-8-7-14-11(12(16)15-8)10-4-2-3-9(5-10)6-13/h2-5,8,11,14H,7H2,1H3,(H,15,16)/t8-,11+/m0/s1. The Morgan fingerprint density at radius 3 is 3.00 bits per heavy atom. The topological polar surface area (TPSA) is 64.9 Å². The molecule has 0 radical (unpaired) electrons. The lowest BCUT2D eigenvalue weighted by Gasteiger charge is -2.28. The molecule has 1 aliphatic rings. The molecule has 2 rings (SSSR count). The van der Waals surface area contributed by atoms with Gasteiger partial charge in [-0.2, -0.15) is 5.26 Å². The first-order valence-electron chi connectivity index (χ1n) is 5.24. The van der Waals surface area contributed by atoms with Gasteiger partial charge in [0.05, 0.1) is 11.6 Å². The Hall–Kier alpha value is -1.86. The summed E-state index contributed by atoms with van der Waals surface area (Å²) < 4.78 is 0. The highest BCUT2D eigenvalue weighted by Gasteiger charge is 2.26. The zero-order chi connectivity index (χ0) is 11.5. The molecule has 0 spiro atoms. The normalized spacial score (nSPS) is 24.6. The van der Waals surface area contributed by atoms with Crippen LogP contribution in [-0.4, -0.2) is 18.5 Å². The maximum atomic E-state index is 11.7. The smallest absolute Gasteiger partial charge is 0.241 e. The van der Waals surface area contributed by atoms with Crippen molar-refractivity contribution in [2.45, 2.75) is 19.0 Å². The number of nitrogens with zero attached hydrogens (tertiary/aromatic N) is 1. The maximum absolute atomic E-state index is 11.7. The van der Waals surface area contributed by atoms with Gasteiger partial charge in [-0.25, -0.2) is 0 Å². The van der Waals surface area contributed by atoms with Crippen LogP contribution in [0.2, 0.25) is 0 Å². The number of nitrogens with one attached hydrogen (secondary N) is 2. The van der Waals surface area contributed by atoms with Crippen molar-refractivity contribution < 1.29 is 4.79 Å². The molecule has 4 nitrogen and oxygen atoms in total. The number of piperazine rings is 1. The Bertz CT molecular complexity index is 450. The van der Waals surface area contributed by atoms with Crippen LogP contribution < -0.4 is 10.6 Å². The quantitative estimate of drug-likeness (QED) is 0.725. The third kappa shape index (κ3) is 2.05. The van der Waals surface area contributed by atoms with Crippen LogP contribution >= 0.6 is 0 Å². The van der Waals surface area contributed by atoms with Gasteiger partial charge in [-0.3, -0.25) is 4.79 Å². The largest absolute Gasteiger partial charge is 0.351 e. The Kier molecular flexibility index (Phi) is 2.88. The van der Waals surface area contributed by atoms with Crippen LogP contribution in [0, 0.1) is 11.3 Å². The Balaban J connectivity index is 2.24. The Morgan fingerprint density at radius 1 is 1.50 bits per heavy atom. The zero-order valence-electron chi connectivity index (χ0n) is 9.03. The van der Waals surface area contributed by atoms with Crippen LogP contribution in [0.5, 0.6) is 0 Å². The van der Waals surface area contributed by atoms with Gasteiger partial charge >= 0.3 is 0 Å². The van der Waals surface area contributed by atoms with Crippen molar-refractivity contribution >= 4 is 5.91 Å². The first-order valence-corrected chi connectivity index (χ1v) is 5.24. The molecule has 0 aliphatic carbocycles. The number of carbonyl (C=O) groups excluding carboxylic acids is 1.